The predicted molar refractivity (Wildman–Crippen MR) is 243 cm³/mol. The van der Waals surface area contributed by atoms with Gasteiger partial charge >= 0.3 is 17.9 Å². The van der Waals surface area contributed by atoms with Crippen LogP contribution in [0.15, 0.2) is 0 Å². The molecule has 0 aromatic heterocycles. The van der Waals surface area contributed by atoms with Gasteiger partial charge in [-0.15, -0.1) is 0 Å². The SMILES string of the molecule is CCCCCCCCCCCCCCCCCCCCCC(=O)OC[C@H](COC(=O)CCCCCCCCCCC)OC(=O)CCCCCCCCCCCCC. The molecule has 0 amide bonds. The van der Waals surface area contributed by atoms with Gasteiger partial charge < -0.3 is 14.2 Å². The first-order valence-electron chi connectivity index (χ1n) is 25.5. The third-order valence-corrected chi connectivity index (χ3v) is 11.6. The normalized spacial score (nSPS) is 11.8. The Morgan fingerprint density at radius 2 is 0.474 bits per heavy atom. The van der Waals surface area contributed by atoms with Crippen molar-refractivity contribution < 1.29 is 28.6 Å². The highest BCUT2D eigenvalue weighted by atomic mass is 16.6. The summed E-state index contributed by atoms with van der Waals surface area (Å²) in [6.45, 7) is 6.65. The molecule has 0 aliphatic heterocycles. The standard InChI is InChI=1S/C51H98O6/c1-4-7-10-13-16-19-21-22-23-24-25-26-27-28-30-32-35-38-41-44-50(53)56-47-48(46-55-49(52)43-40-37-34-31-18-15-12-9-6-3)57-51(54)45-42-39-36-33-29-20-17-14-11-8-5-2/h48H,4-47H2,1-3H3/t48-/m0/s1. The second-order valence-electron chi connectivity index (χ2n) is 17.5. The van der Waals surface area contributed by atoms with Crippen molar-refractivity contribution in [1.29, 1.82) is 0 Å². The van der Waals surface area contributed by atoms with Crippen molar-refractivity contribution in [3.63, 3.8) is 0 Å². The van der Waals surface area contributed by atoms with Gasteiger partial charge in [0.05, 0.1) is 0 Å². The summed E-state index contributed by atoms with van der Waals surface area (Å²) in [4.78, 5) is 37.8. The van der Waals surface area contributed by atoms with E-state index in [1.165, 1.54) is 193 Å². The summed E-state index contributed by atoms with van der Waals surface area (Å²) in [5, 5.41) is 0. The smallest absolute Gasteiger partial charge is 0.306 e. The summed E-state index contributed by atoms with van der Waals surface area (Å²) in [7, 11) is 0. The van der Waals surface area contributed by atoms with Crippen molar-refractivity contribution in [3.8, 4) is 0 Å². The minimum Gasteiger partial charge on any atom is -0.462 e. The molecule has 0 saturated carbocycles. The average Bonchev–Trinajstić information content (AvgIpc) is 3.21. The van der Waals surface area contributed by atoms with Crippen molar-refractivity contribution in [1.82, 2.24) is 0 Å². The van der Waals surface area contributed by atoms with Crippen molar-refractivity contribution in [2.45, 2.75) is 297 Å². The number of ether oxygens (including phenoxy) is 3. The number of esters is 3. The largest absolute Gasteiger partial charge is 0.462 e. The van der Waals surface area contributed by atoms with Gasteiger partial charge in [-0.1, -0.05) is 252 Å². The molecule has 0 aliphatic rings. The Hall–Kier alpha value is -1.59. The van der Waals surface area contributed by atoms with E-state index in [2.05, 4.69) is 20.8 Å². The van der Waals surface area contributed by atoms with Crippen molar-refractivity contribution in [2.24, 2.45) is 0 Å². The van der Waals surface area contributed by atoms with E-state index in [1.807, 2.05) is 0 Å². The van der Waals surface area contributed by atoms with Gasteiger partial charge in [0.15, 0.2) is 6.10 Å². The zero-order valence-electron chi connectivity index (χ0n) is 38.6. The quantitative estimate of drug-likeness (QED) is 0.0346. The fraction of sp³-hybridized carbons (Fsp3) is 0.941. The van der Waals surface area contributed by atoms with Crippen LogP contribution < -0.4 is 0 Å². The molecule has 6 heteroatoms. The summed E-state index contributed by atoms with van der Waals surface area (Å²) < 4.78 is 16.7. The predicted octanol–water partition coefficient (Wildman–Crippen LogP) is 16.4. The Bertz CT molecular complexity index is 844. The molecule has 0 fully saturated rings. The van der Waals surface area contributed by atoms with Crippen LogP contribution in [0.1, 0.15) is 290 Å². The van der Waals surface area contributed by atoms with Gasteiger partial charge in [0.25, 0.3) is 0 Å². The number of hydrogen-bond acceptors (Lipinski definition) is 6. The second-order valence-corrected chi connectivity index (χ2v) is 17.5. The van der Waals surface area contributed by atoms with Crippen LogP contribution in [0.4, 0.5) is 0 Å². The highest BCUT2D eigenvalue weighted by Crippen LogP contribution is 2.17. The maximum absolute atomic E-state index is 12.7. The highest BCUT2D eigenvalue weighted by Gasteiger charge is 2.19. The highest BCUT2D eigenvalue weighted by molar-refractivity contribution is 5.71. The summed E-state index contributed by atoms with van der Waals surface area (Å²) in [6, 6.07) is 0. The molecule has 0 aromatic rings. The first kappa shape index (κ1) is 55.4. The Labute approximate surface area is 355 Å². The first-order valence-corrected chi connectivity index (χ1v) is 25.5. The molecule has 0 N–H and O–H groups in total. The van der Waals surface area contributed by atoms with Gasteiger partial charge in [-0.3, -0.25) is 14.4 Å². The van der Waals surface area contributed by atoms with Crippen molar-refractivity contribution in [3.05, 3.63) is 0 Å². The lowest BCUT2D eigenvalue weighted by Crippen LogP contribution is -2.30. The van der Waals surface area contributed by atoms with Crippen LogP contribution in [0.2, 0.25) is 0 Å². The zero-order chi connectivity index (χ0) is 41.5. The number of carbonyl (C=O) groups is 3. The Morgan fingerprint density at radius 3 is 0.702 bits per heavy atom. The third kappa shape index (κ3) is 45.3. The minimum absolute atomic E-state index is 0.0622. The molecule has 6 nitrogen and oxygen atoms in total. The van der Waals surface area contributed by atoms with E-state index in [-0.39, 0.29) is 31.1 Å². The van der Waals surface area contributed by atoms with Crippen molar-refractivity contribution >= 4 is 17.9 Å². The van der Waals surface area contributed by atoms with Crippen LogP contribution in [0, 0.1) is 0 Å². The number of unbranched alkanes of at least 4 members (excludes halogenated alkanes) is 36. The molecule has 338 valence electrons. The zero-order valence-corrected chi connectivity index (χ0v) is 38.6. The molecular formula is C51H98O6. The van der Waals surface area contributed by atoms with Crippen LogP contribution >= 0.6 is 0 Å². The molecule has 0 unspecified atom stereocenters. The lowest BCUT2D eigenvalue weighted by molar-refractivity contribution is -0.167. The maximum atomic E-state index is 12.7. The Kier molecular flexibility index (Phi) is 45.8. The molecule has 1 atom stereocenters. The topological polar surface area (TPSA) is 78.9 Å². The van der Waals surface area contributed by atoms with Crippen LogP contribution in [0.3, 0.4) is 0 Å². The molecule has 0 aromatic carbocycles. The van der Waals surface area contributed by atoms with E-state index in [4.69, 9.17) is 14.2 Å². The van der Waals surface area contributed by atoms with Crippen LogP contribution in [-0.4, -0.2) is 37.2 Å². The summed E-state index contributed by atoms with van der Waals surface area (Å²) in [6.07, 6.45) is 49.5. The van der Waals surface area contributed by atoms with Gasteiger partial charge in [0.1, 0.15) is 13.2 Å². The van der Waals surface area contributed by atoms with Gasteiger partial charge in [0.2, 0.25) is 0 Å². The van der Waals surface area contributed by atoms with Crippen LogP contribution in [0.25, 0.3) is 0 Å². The fourth-order valence-corrected chi connectivity index (χ4v) is 7.74. The molecule has 0 heterocycles. The molecular weight excluding hydrogens is 709 g/mol. The molecule has 0 radical (unpaired) electrons. The summed E-state index contributed by atoms with van der Waals surface area (Å²) >= 11 is 0. The molecule has 0 bridgehead atoms. The summed E-state index contributed by atoms with van der Waals surface area (Å²) in [5.74, 6) is -0.847. The van der Waals surface area contributed by atoms with E-state index in [0.29, 0.717) is 19.3 Å². The Balaban J connectivity index is 4.19. The molecule has 0 rings (SSSR count). The van der Waals surface area contributed by atoms with E-state index in [0.717, 1.165) is 57.8 Å². The van der Waals surface area contributed by atoms with E-state index in [9.17, 15) is 14.4 Å². The van der Waals surface area contributed by atoms with E-state index >= 15 is 0 Å². The minimum atomic E-state index is -0.758. The van der Waals surface area contributed by atoms with E-state index in [1.54, 1.807) is 0 Å². The Morgan fingerprint density at radius 1 is 0.281 bits per heavy atom. The van der Waals surface area contributed by atoms with Gasteiger partial charge in [-0.05, 0) is 19.3 Å². The lowest BCUT2D eigenvalue weighted by Gasteiger charge is -2.18. The monoisotopic (exact) mass is 807 g/mol. The van der Waals surface area contributed by atoms with Gasteiger partial charge in [0, 0.05) is 19.3 Å². The lowest BCUT2D eigenvalue weighted by atomic mass is 10.0. The van der Waals surface area contributed by atoms with Gasteiger partial charge in [-0.25, -0.2) is 0 Å². The number of rotatable bonds is 47. The number of carbonyl (C=O) groups excluding carboxylic acids is 3. The van der Waals surface area contributed by atoms with Gasteiger partial charge in [-0.2, -0.15) is 0 Å². The molecule has 0 aliphatic carbocycles. The van der Waals surface area contributed by atoms with Crippen molar-refractivity contribution in [2.75, 3.05) is 13.2 Å². The fourth-order valence-electron chi connectivity index (χ4n) is 7.74. The van der Waals surface area contributed by atoms with Crippen LogP contribution in [-0.2, 0) is 28.6 Å². The molecule has 0 spiro atoms. The molecule has 0 saturated heterocycles. The maximum Gasteiger partial charge on any atom is 0.306 e. The average molecular weight is 807 g/mol. The number of hydrogen-bond donors (Lipinski definition) is 0. The van der Waals surface area contributed by atoms with Crippen LogP contribution in [0.5, 0.6) is 0 Å². The van der Waals surface area contributed by atoms with E-state index < -0.39 is 6.10 Å². The second kappa shape index (κ2) is 47.1. The molecule has 57 heavy (non-hydrogen) atoms. The summed E-state index contributed by atoms with van der Waals surface area (Å²) in [5.41, 5.74) is 0. The first-order chi connectivity index (χ1) is 28.0. The third-order valence-electron chi connectivity index (χ3n) is 11.6.